The molecule has 1 aliphatic heterocycles. The van der Waals surface area contributed by atoms with Crippen molar-refractivity contribution >= 4 is 16.9 Å². The van der Waals surface area contributed by atoms with Gasteiger partial charge in [0.2, 0.25) is 0 Å². The summed E-state index contributed by atoms with van der Waals surface area (Å²) in [4.78, 5) is 15.4. The number of nitrogens with zero attached hydrogens (tertiary/aromatic N) is 6. The van der Waals surface area contributed by atoms with Gasteiger partial charge in [-0.05, 0) is 19.8 Å². The quantitative estimate of drug-likeness (QED) is 0.732. The zero-order valence-corrected chi connectivity index (χ0v) is 11.7. The normalized spacial score (nSPS) is 19.3. The summed E-state index contributed by atoms with van der Waals surface area (Å²) in [6, 6.07) is 0. The molecule has 4 rings (SSSR count). The van der Waals surface area contributed by atoms with Gasteiger partial charge in [0.15, 0.2) is 11.5 Å². The molecule has 8 nitrogen and oxygen atoms in total. The van der Waals surface area contributed by atoms with Crippen molar-refractivity contribution in [2.75, 3.05) is 18.0 Å². The number of aromatic amines is 2. The number of H-pyrrole nitrogens is 2. The van der Waals surface area contributed by atoms with E-state index in [1.54, 1.807) is 12.5 Å². The van der Waals surface area contributed by atoms with Crippen LogP contribution in [0.1, 0.15) is 30.4 Å². The monoisotopic (exact) mass is 284 g/mol. The molecule has 0 saturated carbocycles. The summed E-state index contributed by atoms with van der Waals surface area (Å²) in [5.74, 6) is 3.03. The zero-order chi connectivity index (χ0) is 14.2. The number of hydrogen-bond donors (Lipinski definition) is 2. The molecular weight excluding hydrogens is 268 g/mol. The predicted octanol–water partition coefficient (Wildman–Crippen LogP) is 1.16. The van der Waals surface area contributed by atoms with Gasteiger partial charge in [0, 0.05) is 19.0 Å². The maximum Gasteiger partial charge on any atom is 0.160 e. The standard InChI is InChI=1S/C13H16N8/c1-8-17-11(20-18-8)9-3-2-4-21(6-9)13-10-5-16-19-12(10)14-7-15-13/h5,7,9H,2-4,6H2,1H3,(H,17,18,20)(H,14,15,16,19). The summed E-state index contributed by atoms with van der Waals surface area (Å²) in [6.45, 7) is 3.78. The van der Waals surface area contributed by atoms with Crippen molar-refractivity contribution in [3.63, 3.8) is 0 Å². The van der Waals surface area contributed by atoms with Gasteiger partial charge < -0.3 is 4.90 Å². The average molecular weight is 284 g/mol. The highest BCUT2D eigenvalue weighted by atomic mass is 15.2. The van der Waals surface area contributed by atoms with Gasteiger partial charge in [-0.15, -0.1) is 0 Å². The van der Waals surface area contributed by atoms with E-state index in [0.29, 0.717) is 5.92 Å². The Hall–Kier alpha value is -2.51. The Bertz CT molecular complexity index is 760. The molecule has 0 aromatic carbocycles. The van der Waals surface area contributed by atoms with Gasteiger partial charge in [0.25, 0.3) is 0 Å². The number of anilines is 1. The third-order valence-corrected chi connectivity index (χ3v) is 3.93. The molecule has 1 saturated heterocycles. The van der Waals surface area contributed by atoms with Crippen molar-refractivity contribution in [2.24, 2.45) is 0 Å². The highest BCUT2D eigenvalue weighted by molar-refractivity contribution is 5.86. The molecule has 0 amide bonds. The Balaban J connectivity index is 1.65. The highest BCUT2D eigenvalue weighted by Gasteiger charge is 2.26. The van der Waals surface area contributed by atoms with Gasteiger partial charge in [-0.3, -0.25) is 10.2 Å². The number of aryl methyl sites for hydroxylation is 1. The maximum atomic E-state index is 4.47. The first kappa shape index (κ1) is 12.2. The van der Waals surface area contributed by atoms with Gasteiger partial charge in [-0.25, -0.2) is 15.0 Å². The molecule has 0 aliphatic carbocycles. The van der Waals surface area contributed by atoms with Crippen LogP contribution < -0.4 is 4.90 Å². The number of rotatable bonds is 2. The Kier molecular flexibility index (Phi) is 2.80. The lowest BCUT2D eigenvalue weighted by atomic mass is 9.97. The Morgan fingerprint density at radius 3 is 3.10 bits per heavy atom. The molecule has 1 aliphatic rings. The third kappa shape index (κ3) is 2.12. The minimum Gasteiger partial charge on any atom is -0.355 e. The van der Waals surface area contributed by atoms with Crippen molar-refractivity contribution in [3.05, 3.63) is 24.2 Å². The fourth-order valence-electron chi connectivity index (χ4n) is 2.93. The van der Waals surface area contributed by atoms with Gasteiger partial charge in [-0.2, -0.15) is 10.2 Å². The lowest BCUT2D eigenvalue weighted by Gasteiger charge is -2.32. The van der Waals surface area contributed by atoms with E-state index >= 15 is 0 Å². The summed E-state index contributed by atoms with van der Waals surface area (Å²) in [6.07, 6.45) is 5.57. The Morgan fingerprint density at radius 2 is 2.24 bits per heavy atom. The minimum atomic E-state index is 0.334. The second-order valence-corrected chi connectivity index (χ2v) is 5.39. The topological polar surface area (TPSA) is 99.3 Å². The number of fused-ring (bicyclic) bond motifs is 1. The Morgan fingerprint density at radius 1 is 1.29 bits per heavy atom. The van der Waals surface area contributed by atoms with Crippen molar-refractivity contribution < 1.29 is 0 Å². The predicted molar refractivity (Wildman–Crippen MR) is 77.0 cm³/mol. The van der Waals surface area contributed by atoms with Crippen LogP contribution in [0.15, 0.2) is 12.5 Å². The molecule has 3 aromatic heterocycles. The first-order valence-electron chi connectivity index (χ1n) is 7.09. The molecular formula is C13H16N8. The summed E-state index contributed by atoms with van der Waals surface area (Å²) < 4.78 is 0. The average Bonchev–Trinajstić information content (AvgIpc) is 3.15. The first-order valence-corrected chi connectivity index (χ1v) is 7.09. The van der Waals surface area contributed by atoms with E-state index in [4.69, 9.17) is 0 Å². The molecule has 1 unspecified atom stereocenters. The van der Waals surface area contributed by atoms with Crippen LogP contribution in [0.25, 0.3) is 11.0 Å². The van der Waals surface area contributed by atoms with Crippen molar-refractivity contribution in [1.82, 2.24) is 35.3 Å². The number of aromatic nitrogens is 7. The number of piperidine rings is 1. The van der Waals surface area contributed by atoms with Crippen LogP contribution in [-0.4, -0.2) is 48.4 Å². The van der Waals surface area contributed by atoms with Crippen LogP contribution in [0.4, 0.5) is 5.82 Å². The zero-order valence-electron chi connectivity index (χ0n) is 11.7. The third-order valence-electron chi connectivity index (χ3n) is 3.93. The van der Waals surface area contributed by atoms with Crippen molar-refractivity contribution in [2.45, 2.75) is 25.7 Å². The number of hydrogen-bond acceptors (Lipinski definition) is 6. The number of nitrogens with one attached hydrogen (secondary N) is 2. The van der Waals surface area contributed by atoms with Gasteiger partial charge >= 0.3 is 0 Å². The maximum absolute atomic E-state index is 4.47. The van der Waals surface area contributed by atoms with E-state index in [0.717, 1.165) is 54.4 Å². The van der Waals surface area contributed by atoms with Crippen LogP contribution in [-0.2, 0) is 0 Å². The molecule has 2 N–H and O–H groups in total. The fraction of sp³-hybridized carbons (Fsp3) is 0.462. The van der Waals surface area contributed by atoms with Crippen molar-refractivity contribution in [3.8, 4) is 0 Å². The van der Waals surface area contributed by atoms with E-state index in [-0.39, 0.29) is 0 Å². The second kappa shape index (κ2) is 4.80. The molecule has 21 heavy (non-hydrogen) atoms. The van der Waals surface area contributed by atoms with Gasteiger partial charge in [-0.1, -0.05) is 0 Å². The van der Waals surface area contributed by atoms with Crippen LogP contribution in [0.2, 0.25) is 0 Å². The van der Waals surface area contributed by atoms with E-state index in [1.165, 1.54) is 0 Å². The molecule has 1 fully saturated rings. The Labute approximate surface area is 121 Å². The van der Waals surface area contributed by atoms with Crippen LogP contribution in [0, 0.1) is 6.92 Å². The molecule has 0 bridgehead atoms. The lowest BCUT2D eigenvalue weighted by Crippen LogP contribution is -2.35. The van der Waals surface area contributed by atoms with Crippen LogP contribution in [0.3, 0.4) is 0 Å². The molecule has 0 spiro atoms. The SMILES string of the molecule is Cc1nc(C2CCCN(c3ncnc4[nH]ncc34)C2)n[nH]1. The first-order chi connectivity index (χ1) is 10.3. The smallest absolute Gasteiger partial charge is 0.160 e. The second-order valence-electron chi connectivity index (χ2n) is 5.39. The van der Waals surface area contributed by atoms with Crippen LogP contribution >= 0.6 is 0 Å². The van der Waals surface area contributed by atoms with E-state index < -0.39 is 0 Å². The van der Waals surface area contributed by atoms with Crippen LogP contribution in [0.5, 0.6) is 0 Å². The van der Waals surface area contributed by atoms with E-state index in [2.05, 4.69) is 40.2 Å². The molecule has 108 valence electrons. The molecule has 0 radical (unpaired) electrons. The molecule has 8 heteroatoms. The van der Waals surface area contributed by atoms with Gasteiger partial charge in [0.1, 0.15) is 18.0 Å². The summed E-state index contributed by atoms with van der Waals surface area (Å²) >= 11 is 0. The highest BCUT2D eigenvalue weighted by Crippen LogP contribution is 2.29. The summed E-state index contributed by atoms with van der Waals surface area (Å²) in [7, 11) is 0. The lowest BCUT2D eigenvalue weighted by molar-refractivity contribution is 0.490. The fourth-order valence-corrected chi connectivity index (χ4v) is 2.93. The molecule has 3 aromatic rings. The largest absolute Gasteiger partial charge is 0.355 e. The summed E-state index contributed by atoms with van der Waals surface area (Å²) in [5, 5.41) is 15.1. The molecule has 4 heterocycles. The molecule has 1 atom stereocenters. The van der Waals surface area contributed by atoms with E-state index in [1.807, 2.05) is 6.92 Å². The van der Waals surface area contributed by atoms with Gasteiger partial charge in [0.05, 0.1) is 11.6 Å². The summed E-state index contributed by atoms with van der Waals surface area (Å²) in [5.41, 5.74) is 0.774. The minimum absolute atomic E-state index is 0.334. The van der Waals surface area contributed by atoms with E-state index in [9.17, 15) is 0 Å². The van der Waals surface area contributed by atoms with Crippen molar-refractivity contribution in [1.29, 1.82) is 0 Å².